The quantitative estimate of drug-likeness (QED) is 0.780. The molecule has 0 bridgehead atoms. The number of Topliss-reactive ketones (excluding diaryl/α,β-unsaturated/α-hetero) is 1. The fourth-order valence-corrected chi connectivity index (χ4v) is 1.33. The summed E-state index contributed by atoms with van der Waals surface area (Å²) < 4.78 is 5.31. The minimum absolute atomic E-state index is 0.0466. The molecule has 0 aliphatic carbocycles. The van der Waals surface area contributed by atoms with Crippen LogP contribution in [0.1, 0.15) is 10.4 Å². The highest BCUT2D eigenvalue weighted by Crippen LogP contribution is 2.15. The lowest BCUT2D eigenvalue weighted by Gasteiger charge is -2.04. The van der Waals surface area contributed by atoms with Crippen molar-refractivity contribution in [3.63, 3.8) is 0 Å². The van der Waals surface area contributed by atoms with Gasteiger partial charge in [-0.3, -0.25) is 4.79 Å². The van der Waals surface area contributed by atoms with Crippen molar-refractivity contribution in [2.75, 3.05) is 6.61 Å². The highest BCUT2D eigenvalue weighted by Gasteiger charge is 2.06. The van der Waals surface area contributed by atoms with Gasteiger partial charge in [0.05, 0.1) is 5.56 Å². The van der Waals surface area contributed by atoms with Crippen molar-refractivity contribution in [2.24, 2.45) is 0 Å². The first-order valence-corrected chi connectivity index (χ1v) is 5.30. The first-order valence-electron chi connectivity index (χ1n) is 4.92. The second-order valence-corrected chi connectivity index (χ2v) is 3.73. The van der Waals surface area contributed by atoms with Crippen LogP contribution in [-0.4, -0.2) is 22.4 Å². The van der Waals surface area contributed by atoms with Gasteiger partial charge in [-0.15, -0.1) is 0 Å². The van der Waals surface area contributed by atoms with Crippen molar-refractivity contribution < 1.29 is 9.53 Å². The number of rotatable bonds is 4. The van der Waals surface area contributed by atoms with E-state index in [9.17, 15) is 4.79 Å². The molecule has 0 aliphatic heterocycles. The fraction of sp³-hybridized carbons (Fsp3) is 0.0833. The highest BCUT2D eigenvalue weighted by atomic mass is 35.5. The molecule has 0 radical (unpaired) electrons. The van der Waals surface area contributed by atoms with E-state index in [0.29, 0.717) is 16.3 Å². The van der Waals surface area contributed by atoms with Gasteiger partial charge in [0.2, 0.25) is 5.78 Å². The maximum atomic E-state index is 11.7. The van der Waals surface area contributed by atoms with E-state index in [4.69, 9.17) is 16.3 Å². The number of halogens is 1. The maximum Gasteiger partial charge on any atom is 0.203 e. The molecule has 17 heavy (non-hydrogen) atoms. The molecule has 86 valence electrons. The van der Waals surface area contributed by atoms with Crippen LogP contribution < -0.4 is 4.74 Å². The molecule has 2 aromatic rings. The standard InChI is InChI=1S/C12H9ClN2O2/c13-10-1-3-11(4-2-10)17-7-12(16)9-5-14-8-15-6-9/h1-6,8H,7H2. The third kappa shape index (κ3) is 3.26. The molecule has 5 heteroatoms. The highest BCUT2D eigenvalue weighted by molar-refractivity contribution is 6.30. The zero-order chi connectivity index (χ0) is 12.1. The number of ketones is 1. The molecule has 0 N–H and O–H groups in total. The van der Waals surface area contributed by atoms with Gasteiger partial charge < -0.3 is 4.74 Å². The number of hydrogen-bond acceptors (Lipinski definition) is 4. The van der Waals surface area contributed by atoms with Crippen molar-refractivity contribution >= 4 is 17.4 Å². The molecule has 0 amide bonds. The monoisotopic (exact) mass is 248 g/mol. The van der Waals surface area contributed by atoms with Crippen molar-refractivity contribution in [1.29, 1.82) is 0 Å². The van der Waals surface area contributed by atoms with Crippen LogP contribution in [0.4, 0.5) is 0 Å². The van der Waals surface area contributed by atoms with Crippen LogP contribution in [0.5, 0.6) is 5.75 Å². The fourth-order valence-electron chi connectivity index (χ4n) is 1.21. The Morgan fingerprint density at radius 3 is 2.47 bits per heavy atom. The molecule has 0 fully saturated rings. The lowest BCUT2D eigenvalue weighted by atomic mass is 10.2. The summed E-state index contributed by atoms with van der Waals surface area (Å²) in [6.45, 7) is -0.0466. The summed E-state index contributed by atoms with van der Waals surface area (Å²) >= 11 is 5.73. The third-order valence-electron chi connectivity index (χ3n) is 2.07. The summed E-state index contributed by atoms with van der Waals surface area (Å²) in [5.74, 6) is 0.431. The number of carbonyl (C=O) groups is 1. The largest absolute Gasteiger partial charge is 0.485 e. The van der Waals surface area contributed by atoms with Gasteiger partial charge >= 0.3 is 0 Å². The molecule has 0 aliphatic rings. The van der Waals surface area contributed by atoms with Gasteiger partial charge in [0.1, 0.15) is 12.1 Å². The number of aromatic nitrogens is 2. The van der Waals surface area contributed by atoms with Crippen LogP contribution in [0.3, 0.4) is 0 Å². The maximum absolute atomic E-state index is 11.7. The van der Waals surface area contributed by atoms with Crippen LogP contribution in [-0.2, 0) is 0 Å². The van der Waals surface area contributed by atoms with Gasteiger partial charge in [0.15, 0.2) is 6.61 Å². The smallest absolute Gasteiger partial charge is 0.203 e. The third-order valence-corrected chi connectivity index (χ3v) is 2.32. The Labute approximate surface area is 103 Å². The van der Waals surface area contributed by atoms with Gasteiger partial charge in [-0.1, -0.05) is 11.6 Å². The topological polar surface area (TPSA) is 52.1 Å². The summed E-state index contributed by atoms with van der Waals surface area (Å²) in [5.41, 5.74) is 0.432. The molecule has 1 aromatic carbocycles. The molecule has 4 nitrogen and oxygen atoms in total. The van der Waals surface area contributed by atoms with Crippen molar-refractivity contribution in [3.05, 3.63) is 53.6 Å². The minimum atomic E-state index is -0.166. The van der Waals surface area contributed by atoms with Crippen molar-refractivity contribution in [1.82, 2.24) is 9.97 Å². The molecule has 2 rings (SSSR count). The van der Waals surface area contributed by atoms with E-state index in [-0.39, 0.29) is 12.4 Å². The summed E-state index contributed by atoms with van der Waals surface area (Å²) in [5, 5.41) is 0.625. The SMILES string of the molecule is O=C(COc1ccc(Cl)cc1)c1cncnc1. The average Bonchev–Trinajstić information content (AvgIpc) is 2.39. The molecule has 0 saturated carbocycles. The normalized spacial score (nSPS) is 9.94. The number of ether oxygens (including phenoxy) is 1. The van der Waals surface area contributed by atoms with Gasteiger partial charge in [-0.2, -0.15) is 0 Å². The number of nitrogens with zero attached hydrogens (tertiary/aromatic N) is 2. The first-order chi connectivity index (χ1) is 8.25. The Morgan fingerprint density at radius 1 is 1.18 bits per heavy atom. The molecule has 0 saturated heterocycles. The zero-order valence-electron chi connectivity index (χ0n) is 8.84. The van der Waals surface area contributed by atoms with Crippen LogP contribution in [0.15, 0.2) is 43.0 Å². The Balaban J connectivity index is 1.95. The molecular weight excluding hydrogens is 240 g/mol. The number of carbonyl (C=O) groups excluding carboxylic acids is 1. The Hall–Kier alpha value is -1.94. The Bertz CT molecular complexity index is 500. The predicted molar refractivity (Wildman–Crippen MR) is 63.3 cm³/mol. The van der Waals surface area contributed by atoms with Crippen LogP contribution in [0, 0.1) is 0 Å². The average molecular weight is 249 g/mol. The molecule has 0 atom stereocenters. The van der Waals surface area contributed by atoms with E-state index < -0.39 is 0 Å². The second kappa shape index (κ2) is 5.41. The molecule has 1 aromatic heterocycles. The van der Waals surface area contributed by atoms with E-state index in [1.165, 1.54) is 18.7 Å². The molecule has 0 spiro atoms. The lowest BCUT2D eigenvalue weighted by molar-refractivity contribution is 0.0921. The summed E-state index contributed by atoms with van der Waals surface area (Å²) in [7, 11) is 0. The van der Waals surface area contributed by atoms with E-state index in [0.717, 1.165) is 0 Å². The van der Waals surface area contributed by atoms with Crippen LogP contribution >= 0.6 is 11.6 Å². The molecule has 1 heterocycles. The summed E-state index contributed by atoms with van der Waals surface area (Å²) in [6, 6.07) is 6.81. The first kappa shape index (κ1) is 11.5. The number of hydrogen-bond donors (Lipinski definition) is 0. The lowest BCUT2D eigenvalue weighted by Crippen LogP contribution is -2.12. The predicted octanol–water partition coefficient (Wildman–Crippen LogP) is 2.39. The van der Waals surface area contributed by atoms with E-state index in [1.807, 2.05) is 0 Å². The van der Waals surface area contributed by atoms with Gasteiger partial charge in [-0.25, -0.2) is 9.97 Å². The van der Waals surface area contributed by atoms with Gasteiger partial charge in [-0.05, 0) is 24.3 Å². The van der Waals surface area contributed by atoms with E-state index in [1.54, 1.807) is 24.3 Å². The van der Waals surface area contributed by atoms with Gasteiger partial charge in [0.25, 0.3) is 0 Å². The van der Waals surface area contributed by atoms with Gasteiger partial charge in [0, 0.05) is 17.4 Å². The summed E-state index contributed by atoms with van der Waals surface area (Å²) in [6.07, 6.45) is 4.29. The Morgan fingerprint density at radius 2 is 1.82 bits per heavy atom. The Kier molecular flexibility index (Phi) is 3.67. The summed E-state index contributed by atoms with van der Waals surface area (Å²) in [4.78, 5) is 19.2. The van der Waals surface area contributed by atoms with E-state index in [2.05, 4.69) is 9.97 Å². The van der Waals surface area contributed by atoms with E-state index >= 15 is 0 Å². The van der Waals surface area contributed by atoms with Crippen molar-refractivity contribution in [3.8, 4) is 5.75 Å². The second-order valence-electron chi connectivity index (χ2n) is 3.29. The van der Waals surface area contributed by atoms with Crippen LogP contribution in [0.25, 0.3) is 0 Å². The zero-order valence-corrected chi connectivity index (χ0v) is 9.59. The minimum Gasteiger partial charge on any atom is -0.485 e. The van der Waals surface area contributed by atoms with Crippen molar-refractivity contribution in [2.45, 2.75) is 0 Å². The van der Waals surface area contributed by atoms with Crippen LogP contribution in [0.2, 0.25) is 5.02 Å². The number of benzene rings is 1. The molecular formula is C12H9ClN2O2. The molecule has 0 unspecified atom stereocenters.